The summed E-state index contributed by atoms with van der Waals surface area (Å²) in [5.41, 5.74) is 5.77. The highest BCUT2D eigenvalue weighted by molar-refractivity contribution is 5.00. The minimum atomic E-state index is 0.0613. The molecular weight excluding hydrogens is 138 g/mol. The molecule has 2 rings (SSSR count). The van der Waals surface area contributed by atoms with Crippen molar-refractivity contribution in [2.24, 2.45) is 17.6 Å². The van der Waals surface area contributed by atoms with Crippen molar-refractivity contribution < 1.29 is 4.74 Å². The first-order valence-electron chi connectivity index (χ1n) is 4.55. The summed E-state index contributed by atoms with van der Waals surface area (Å²) in [7, 11) is 1.80. The van der Waals surface area contributed by atoms with Crippen LogP contribution in [0, 0.1) is 11.8 Å². The Balaban J connectivity index is 2.04. The molecule has 0 amide bonds. The van der Waals surface area contributed by atoms with E-state index in [1.807, 2.05) is 0 Å². The van der Waals surface area contributed by atoms with Gasteiger partial charge in [-0.3, -0.25) is 0 Å². The molecule has 0 aromatic carbocycles. The molecule has 0 saturated heterocycles. The molecule has 2 heteroatoms. The van der Waals surface area contributed by atoms with Crippen molar-refractivity contribution in [3.63, 3.8) is 0 Å². The predicted octanol–water partition coefficient (Wildman–Crippen LogP) is 1.15. The van der Waals surface area contributed by atoms with Gasteiger partial charge in [0.15, 0.2) is 0 Å². The monoisotopic (exact) mass is 155 g/mol. The molecule has 2 fully saturated rings. The van der Waals surface area contributed by atoms with E-state index in [0.717, 1.165) is 11.8 Å². The van der Waals surface area contributed by atoms with Crippen LogP contribution in [0.15, 0.2) is 0 Å². The van der Waals surface area contributed by atoms with Gasteiger partial charge in [0, 0.05) is 13.7 Å². The van der Waals surface area contributed by atoms with E-state index < -0.39 is 0 Å². The number of fused-ring (bicyclic) bond motifs is 1. The third-order valence-electron chi connectivity index (χ3n) is 3.65. The van der Waals surface area contributed by atoms with E-state index in [-0.39, 0.29) is 5.60 Å². The predicted molar refractivity (Wildman–Crippen MR) is 44.2 cm³/mol. The van der Waals surface area contributed by atoms with Crippen molar-refractivity contribution >= 4 is 0 Å². The number of hydrogen-bond donors (Lipinski definition) is 1. The van der Waals surface area contributed by atoms with Gasteiger partial charge < -0.3 is 10.5 Å². The quantitative estimate of drug-likeness (QED) is 0.649. The van der Waals surface area contributed by atoms with Gasteiger partial charge in [-0.2, -0.15) is 0 Å². The van der Waals surface area contributed by atoms with E-state index in [2.05, 4.69) is 0 Å². The molecule has 2 unspecified atom stereocenters. The fourth-order valence-electron chi connectivity index (χ4n) is 2.63. The number of nitrogens with two attached hydrogens (primary N) is 1. The lowest BCUT2D eigenvalue weighted by atomic mass is 9.77. The minimum absolute atomic E-state index is 0.0613. The standard InChI is InChI=1S/C9H17NO/c1-11-9(6-10)4-7-2-3-8(7)5-9/h7-8H,2-6,10H2,1H3. The normalized spacial score (nSPS) is 48.5. The number of rotatable bonds is 2. The average molecular weight is 155 g/mol. The van der Waals surface area contributed by atoms with E-state index in [1.54, 1.807) is 7.11 Å². The number of methoxy groups -OCH3 is 1. The van der Waals surface area contributed by atoms with Crippen LogP contribution in [0.1, 0.15) is 25.7 Å². The molecule has 2 N–H and O–H groups in total. The highest BCUT2D eigenvalue weighted by atomic mass is 16.5. The molecule has 2 aliphatic carbocycles. The van der Waals surface area contributed by atoms with E-state index in [1.165, 1.54) is 25.7 Å². The first kappa shape index (κ1) is 7.56. The van der Waals surface area contributed by atoms with E-state index in [4.69, 9.17) is 10.5 Å². The maximum atomic E-state index is 5.71. The fourth-order valence-corrected chi connectivity index (χ4v) is 2.63. The summed E-state index contributed by atoms with van der Waals surface area (Å²) in [5, 5.41) is 0. The van der Waals surface area contributed by atoms with Crippen molar-refractivity contribution in [1.82, 2.24) is 0 Å². The topological polar surface area (TPSA) is 35.2 Å². The molecule has 0 radical (unpaired) electrons. The zero-order valence-electron chi connectivity index (χ0n) is 7.18. The zero-order valence-corrected chi connectivity index (χ0v) is 7.18. The van der Waals surface area contributed by atoms with Gasteiger partial charge >= 0.3 is 0 Å². The van der Waals surface area contributed by atoms with E-state index in [9.17, 15) is 0 Å². The summed E-state index contributed by atoms with van der Waals surface area (Å²) in [4.78, 5) is 0. The van der Waals surface area contributed by atoms with Gasteiger partial charge in [-0.15, -0.1) is 0 Å². The summed E-state index contributed by atoms with van der Waals surface area (Å²) < 4.78 is 5.50. The molecule has 0 bridgehead atoms. The molecule has 0 aliphatic heterocycles. The Morgan fingerprint density at radius 3 is 2.18 bits per heavy atom. The van der Waals surface area contributed by atoms with Crippen molar-refractivity contribution in [3.05, 3.63) is 0 Å². The maximum Gasteiger partial charge on any atom is 0.0805 e. The molecule has 0 heterocycles. The smallest absolute Gasteiger partial charge is 0.0805 e. The molecule has 0 aromatic rings. The van der Waals surface area contributed by atoms with Crippen molar-refractivity contribution in [3.8, 4) is 0 Å². The lowest BCUT2D eigenvalue weighted by molar-refractivity contribution is 0.000429. The SMILES string of the molecule is COC1(CN)CC2CCC2C1. The third-order valence-corrected chi connectivity index (χ3v) is 3.65. The van der Waals surface area contributed by atoms with Crippen LogP contribution < -0.4 is 5.73 Å². The average Bonchev–Trinajstić information content (AvgIpc) is 2.27. The minimum Gasteiger partial charge on any atom is -0.377 e. The van der Waals surface area contributed by atoms with E-state index in [0.29, 0.717) is 6.54 Å². The highest BCUT2D eigenvalue weighted by Crippen LogP contribution is 2.52. The fraction of sp³-hybridized carbons (Fsp3) is 1.00. The molecule has 11 heavy (non-hydrogen) atoms. The Bertz CT molecular complexity index is 140. The number of hydrogen-bond acceptors (Lipinski definition) is 2. The summed E-state index contributed by atoms with van der Waals surface area (Å²) in [6.07, 6.45) is 5.25. The van der Waals surface area contributed by atoms with Gasteiger partial charge in [0.2, 0.25) is 0 Å². The second-order valence-corrected chi connectivity index (χ2v) is 4.10. The summed E-state index contributed by atoms with van der Waals surface area (Å²) >= 11 is 0. The molecule has 2 saturated carbocycles. The van der Waals surface area contributed by atoms with Crippen molar-refractivity contribution in [2.75, 3.05) is 13.7 Å². The van der Waals surface area contributed by atoms with Gasteiger partial charge in [-0.1, -0.05) is 0 Å². The second kappa shape index (κ2) is 2.46. The summed E-state index contributed by atoms with van der Waals surface area (Å²) in [5.74, 6) is 1.89. The lowest BCUT2D eigenvalue weighted by Gasteiger charge is -2.28. The van der Waals surface area contributed by atoms with Crippen LogP contribution in [0.2, 0.25) is 0 Å². The van der Waals surface area contributed by atoms with Gasteiger partial charge in [-0.05, 0) is 37.5 Å². The summed E-state index contributed by atoms with van der Waals surface area (Å²) in [6.45, 7) is 0.705. The molecule has 2 nitrogen and oxygen atoms in total. The molecule has 2 atom stereocenters. The first-order chi connectivity index (χ1) is 5.29. The second-order valence-electron chi connectivity index (χ2n) is 4.10. The Kier molecular flexibility index (Phi) is 1.69. The van der Waals surface area contributed by atoms with Crippen LogP contribution in [-0.4, -0.2) is 19.3 Å². The van der Waals surface area contributed by atoms with Crippen LogP contribution in [0.25, 0.3) is 0 Å². The summed E-state index contributed by atoms with van der Waals surface area (Å²) in [6, 6.07) is 0. The Labute approximate surface area is 68.1 Å². The van der Waals surface area contributed by atoms with Crippen LogP contribution in [0.5, 0.6) is 0 Å². The Morgan fingerprint density at radius 1 is 1.36 bits per heavy atom. The molecular formula is C9H17NO. The first-order valence-corrected chi connectivity index (χ1v) is 4.55. The van der Waals surface area contributed by atoms with Gasteiger partial charge in [0.05, 0.1) is 5.60 Å². The van der Waals surface area contributed by atoms with Crippen LogP contribution >= 0.6 is 0 Å². The molecule has 0 aromatic heterocycles. The van der Waals surface area contributed by atoms with Crippen LogP contribution in [0.4, 0.5) is 0 Å². The Morgan fingerprint density at radius 2 is 1.91 bits per heavy atom. The van der Waals surface area contributed by atoms with Crippen LogP contribution in [0.3, 0.4) is 0 Å². The molecule has 2 aliphatic rings. The maximum absolute atomic E-state index is 5.71. The van der Waals surface area contributed by atoms with Crippen molar-refractivity contribution in [2.45, 2.75) is 31.3 Å². The number of ether oxygens (including phenoxy) is 1. The zero-order chi connectivity index (χ0) is 7.90. The Hall–Kier alpha value is -0.0800. The van der Waals surface area contributed by atoms with Crippen molar-refractivity contribution in [1.29, 1.82) is 0 Å². The van der Waals surface area contributed by atoms with E-state index >= 15 is 0 Å². The largest absolute Gasteiger partial charge is 0.377 e. The molecule has 64 valence electrons. The molecule has 0 spiro atoms. The van der Waals surface area contributed by atoms with Crippen LogP contribution in [-0.2, 0) is 4.74 Å². The third kappa shape index (κ3) is 1.00. The lowest BCUT2D eigenvalue weighted by Crippen LogP contribution is -2.37. The van der Waals surface area contributed by atoms with Gasteiger partial charge in [0.25, 0.3) is 0 Å². The van der Waals surface area contributed by atoms with Gasteiger partial charge in [0.1, 0.15) is 0 Å². The van der Waals surface area contributed by atoms with Gasteiger partial charge in [-0.25, -0.2) is 0 Å². The highest BCUT2D eigenvalue weighted by Gasteiger charge is 2.48.